The van der Waals surface area contributed by atoms with Crippen molar-refractivity contribution in [3.8, 4) is 0 Å². The van der Waals surface area contributed by atoms with Crippen LogP contribution in [0.2, 0.25) is 0 Å². The lowest BCUT2D eigenvalue weighted by molar-refractivity contribution is 0.0809. The molecular weight excluding hydrogens is 212 g/mol. The van der Waals surface area contributed by atoms with Gasteiger partial charge in [0.15, 0.2) is 0 Å². The minimum Gasteiger partial charge on any atom is -0.376 e. The van der Waals surface area contributed by atoms with Gasteiger partial charge in [0, 0.05) is 38.1 Å². The minimum absolute atomic E-state index is 0.489. The molecule has 2 fully saturated rings. The molecule has 2 atom stereocenters. The van der Waals surface area contributed by atoms with E-state index in [-0.39, 0.29) is 0 Å². The fourth-order valence-electron chi connectivity index (χ4n) is 2.76. The number of nitrogens with zero attached hydrogens (tertiary/aromatic N) is 1. The van der Waals surface area contributed by atoms with E-state index in [9.17, 15) is 0 Å². The molecule has 3 nitrogen and oxygen atoms in total. The Balaban J connectivity index is 1.52. The molecule has 2 unspecified atom stereocenters. The van der Waals surface area contributed by atoms with Gasteiger partial charge < -0.3 is 14.6 Å². The van der Waals surface area contributed by atoms with Crippen LogP contribution in [0.1, 0.15) is 31.7 Å². The van der Waals surface area contributed by atoms with Crippen LogP contribution in [-0.4, -0.2) is 23.3 Å². The third kappa shape index (κ3) is 2.55. The van der Waals surface area contributed by atoms with Crippen molar-refractivity contribution in [2.24, 2.45) is 5.92 Å². The Morgan fingerprint density at radius 3 is 3.00 bits per heavy atom. The zero-order valence-electron chi connectivity index (χ0n) is 10.6. The summed E-state index contributed by atoms with van der Waals surface area (Å²) in [6.45, 7) is 5.14. The summed E-state index contributed by atoms with van der Waals surface area (Å²) < 4.78 is 8.06. The van der Waals surface area contributed by atoms with Crippen LogP contribution in [0.15, 0.2) is 18.5 Å². The molecule has 1 aromatic rings. The second kappa shape index (κ2) is 4.83. The summed E-state index contributed by atoms with van der Waals surface area (Å²) in [6, 6.07) is 2.78. The van der Waals surface area contributed by atoms with Gasteiger partial charge in [-0.2, -0.15) is 0 Å². The van der Waals surface area contributed by atoms with E-state index >= 15 is 0 Å². The van der Waals surface area contributed by atoms with E-state index in [2.05, 4.69) is 35.3 Å². The molecule has 0 aromatic carbocycles. The molecule has 0 spiro atoms. The molecule has 3 heteroatoms. The first-order valence-electron chi connectivity index (χ1n) is 6.86. The largest absolute Gasteiger partial charge is 0.376 e. The fourth-order valence-corrected chi connectivity index (χ4v) is 2.76. The molecule has 1 saturated heterocycles. The molecule has 3 rings (SSSR count). The van der Waals surface area contributed by atoms with Crippen LogP contribution in [0.25, 0.3) is 0 Å². The lowest BCUT2D eigenvalue weighted by Crippen LogP contribution is -2.37. The number of ether oxygens (including phenoxy) is 1. The van der Waals surface area contributed by atoms with E-state index in [4.69, 9.17) is 4.74 Å². The first-order valence-corrected chi connectivity index (χ1v) is 6.86. The van der Waals surface area contributed by atoms with E-state index < -0.39 is 0 Å². The summed E-state index contributed by atoms with van der Waals surface area (Å²) in [5, 5.41) is 3.67. The maximum atomic E-state index is 5.84. The number of nitrogens with one attached hydrogen (secondary N) is 1. The van der Waals surface area contributed by atoms with Crippen LogP contribution in [-0.2, 0) is 17.8 Å². The third-order valence-electron chi connectivity index (χ3n) is 3.97. The first-order chi connectivity index (χ1) is 8.36. The quantitative estimate of drug-likeness (QED) is 0.845. The number of hydrogen-bond acceptors (Lipinski definition) is 2. The monoisotopic (exact) mass is 234 g/mol. The van der Waals surface area contributed by atoms with Crippen LogP contribution in [0, 0.1) is 5.92 Å². The van der Waals surface area contributed by atoms with Gasteiger partial charge in [-0.15, -0.1) is 0 Å². The number of hydrogen-bond donors (Lipinski definition) is 1. The van der Waals surface area contributed by atoms with Crippen molar-refractivity contribution in [2.45, 2.75) is 51.4 Å². The van der Waals surface area contributed by atoms with Crippen LogP contribution in [0.4, 0.5) is 0 Å². The van der Waals surface area contributed by atoms with E-state index in [1.165, 1.54) is 24.8 Å². The van der Waals surface area contributed by atoms with Gasteiger partial charge in [0.1, 0.15) is 0 Å². The molecular formula is C14H22N2O. The van der Waals surface area contributed by atoms with E-state index in [1.807, 2.05) is 0 Å². The summed E-state index contributed by atoms with van der Waals surface area (Å²) in [5.74, 6) is 0.843. The Morgan fingerprint density at radius 1 is 1.41 bits per heavy atom. The lowest BCUT2D eigenvalue weighted by Gasteiger charge is -2.19. The van der Waals surface area contributed by atoms with Gasteiger partial charge in [-0.05, 0) is 43.7 Å². The Hall–Kier alpha value is -0.800. The van der Waals surface area contributed by atoms with Crippen LogP contribution >= 0.6 is 0 Å². The third-order valence-corrected chi connectivity index (χ3v) is 3.97. The van der Waals surface area contributed by atoms with Gasteiger partial charge in [0.25, 0.3) is 0 Å². The molecule has 1 aromatic heterocycles. The van der Waals surface area contributed by atoms with E-state index in [0.29, 0.717) is 12.1 Å². The van der Waals surface area contributed by atoms with Crippen molar-refractivity contribution < 1.29 is 4.74 Å². The van der Waals surface area contributed by atoms with Gasteiger partial charge in [-0.3, -0.25) is 0 Å². The van der Waals surface area contributed by atoms with E-state index in [0.717, 1.165) is 25.6 Å². The predicted octanol–water partition coefficient (Wildman–Crippen LogP) is 2.17. The minimum atomic E-state index is 0.489. The topological polar surface area (TPSA) is 26.2 Å². The Kier molecular flexibility index (Phi) is 3.21. The molecule has 2 aliphatic rings. The summed E-state index contributed by atoms with van der Waals surface area (Å²) >= 11 is 0. The van der Waals surface area contributed by atoms with Crippen LogP contribution in [0.3, 0.4) is 0 Å². The average molecular weight is 234 g/mol. The van der Waals surface area contributed by atoms with Gasteiger partial charge >= 0.3 is 0 Å². The highest BCUT2D eigenvalue weighted by atomic mass is 16.5. The highest BCUT2D eigenvalue weighted by Crippen LogP contribution is 2.38. The molecule has 1 N–H and O–H groups in total. The molecule has 2 heterocycles. The molecule has 94 valence electrons. The molecule has 0 bridgehead atoms. The van der Waals surface area contributed by atoms with Crippen molar-refractivity contribution in [2.75, 3.05) is 6.61 Å². The Morgan fingerprint density at radius 2 is 2.29 bits per heavy atom. The Labute approximate surface area is 103 Å². The molecule has 0 amide bonds. The van der Waals surface area contributed by atoms with E-state index in [1.54, 1.807) is 0 Å². The van der Waals surface area contributed by atoms with Crippen molar-refractivity contribution >= 4 is 0 Å². The summed E-state index contributed by atoms with van der Waals surface area (Å²) in [7, 11) is 0. The molecule has 0 radical (unpaired) electrons. The zero-order chi connectivity index (χ0) is 11.7. The second-order valence-corrected chi connectivity index (χ2v) is 5.30. The highest BCUT2D eigenvalue weighted by molar-refractivity contribution is 5.10. The second-order valence-electron chi connectivity index (χ2n) is 5.30. The van der Waals surface area contributed by atoms with Gasteiger partial charge in [-0.1, -0.05) is 0 Å². The van der Waals surface area contributed by atoms with Gasteiger partial charge in [0.05, 0.1) is 6.10 Å². The molecule has 17 heavy (non-hydrogen) atoms. The summed E-state index contributed by atoms with van der Waals surface area (Å²) in [6.07, 6.45) is 8.79. The average Bonchev–Trinajstić information content (AvgIpc) is 2.93. The Bertz CT molecular complexity index is 370. The fraction of sp³-hybridized carbons (Fsp3) is 0.714. The SMILES string of the molecule is CCn1ccc(CNC2CCOC2C2CC2)c1. The molecule has 1 aliphatic carbocycles. The number of rotatable bonds is 5. The van der Waals surface area contributed by atoms with Gasteiger partial charge in [0.2, 0.25) is 0 Å². The summed E-state index contributed by atoms with van der Waals surface area (Å²) in [4.78, 5) is 0. The number of aryl methyl sites for hydroxylation is 1. The highest BCUT2D eigenvalue weighted by Gasteiger charge is 2.40. The van der Waals surface area contributed by atoms with Gasteiger partial charge in [-0.25, -0.2) is 0 Å². The van der Waals surface area contributed by atoms with Crippen molar-refractivity contribution in [1.82, 2.24) is 9.88 Å². The van der Waals surface area contributed by atoms with Crippen LogP contribution < -0.4 is 5.32 Å². The standard InChI is InChI=1S/C14H22N2O/c1-2-16-7-5-11(10-16)9-15-13-6-8-17-14(13)12-3-4-12/h5,7,10,12-15H,2-4,6,8-9H2,1H3. The van der Waals surface area contributed by atoms with Crippen molar-refractivity contribution in [1.29, 1.82) is 0 Å². The maximum absolute atomic E-state index is 5.84. The lowest BCUT2D eigenvalue weighted by atomic mass is 10.1. The molecule has 1 aliphatic heterocycles. The maximum Gasteiger partial charge on any atom is 0.0757 e. The first kappa shape index (κ1) is 11.3. The smallest absolute Gasteiger partial charge is 0.0757 e. The molecule has 1 saturated carbocycles. The van der Waals surface area contributed by atoms with Crippen LogP contribution in [0.5, 0.6) is 0 Å². The zero-order valence-corrected chi connectivity index (χ0v) is 10.6. The predicted molar refractivity (Wildman–Crippen MR) is 67.8 cm³/mol. The summed E-state index contributed by atoms with van der Waals surface area (Å²) in [5.41, 5.74) is 1.38. The number of aromatic nitrogens is 1. The van der Waals surface area contributed by atoms with Crippen molar-refractivity contribution in [3.05, 3.63) is 24.0 Å². The van der Waals surface area contributed by atoms with Crippen molar-refractivity contribution in [3.63, 3.8) is 0 Å². The normalized spacial score (nSPS) is 28.8.